The summed E-state index contributed by atoms with van der Waals surface area (Å²) in [6.45, 7) is -0.862. The van der Waals surface area contributed by atoms with Crippen LogP contribution in [0.1, 0.15) is 58.4 Å². The number of carbonyl (C=O) groups is 3. The Bertz CT molecular complexity index is 1400. The third kappa shape index (κ3) is 12.5. The minimum absolute atomic E-state index is 0.0244. The van der Waals surface area contributed by atoms with Gasteiger partial charge in [-0.2, -0.15) is 13.2 Å². The fourth-order valence-electron chi connectivity index (χ4n) is 3.83. The van der Waals surface area contributed by atoms with Crippen molar-refractivity contribution in [3.63, 3.8) is 0 Å². The molecule has 3 aromatic rings. The highest BCUT2D eigenvalue weighted by atomic mass is 19.4. The number of nitrogens with two attached hydrogens (primary N) is 2. The molecule has 9 nitrogen and oxygen atoms in total. The van der Waals surface area contributed by atoms with Gasteiger partial charge in [0.15, 0.2) is 6.61 Å². The first-order chi connectivity index (χ1) is 21.0. The Morgan fingerprint density at radius 3 is 1.86 bits per heavy atom. The Labute approximate surface area is 252 Å². The summed E-state index contributed by atoms with van der Waals surface area (Å²) in [7, 11) is 0. The van der Waals surface area contributed by atoms with Gasteiger partial charge in [-0.25, -0.2) is 14.4 Å². The number of nitrogen functional groups attached to an aromatic ring is 2. The third-order valence-electron chi connectivity index (χ3n) is 5.97. The molecule has 234 valence electrons. The van der Waals surface area contributed by atoms with E-state index >= 15 is 0 Å². The van der Waals surface area contributed by atoms with Crippen LogP contribution in [0.2, 0.25) is 0 Å². The van der Waals surface area contributed by atoms with E-state index in [2.05, 4.69) is 4.74 Å². The predicted octanol–water partition coefficient (Wildman–Crippen LogP) is 6.38. The second kappa shape index (κ2) is 16.6. The van der Waals surface area contributed by atoms with Crippen molar-refractivity contribution in [2.45, 2.75) is 38.3 Å². The van der Waals surface area contributed by atoms with Crippen molar-refractivity contribution in [1.82, 2.24) is 0 Å². The number of alkyl halides is 3. The molecule has 0 aliphatic carbocycles. The van der Waals surface area contributed by atoms with Crippen LogP contribution < -0.4 is 20.9 Å². The fraction of sp³-hybridized carbons (Fsp3) is 0.281. The summed E-state index contributed by atoms with van der Waals surface area (Å²) in [6.07, 6.45) is 2.42. The van der Waals surface area contributed by atoms with Gasteiger partial charge in [-0.05, 0) is 79.1 Å². The molecule has 44 heavy (non-hydrogen) atoms. The van der Waals surface area contributed by atoms with E-state index in [0.717, 1.165) is 19.3 Å². The maximum Gasteiger partial charge on any atom is 0.422 e. The Morgan fingerprint density at radius 2 is 1.25 bits per heavy atom. The number of anilines is 2. The summed E-state index contributed by atoms with van der Waals surface area (Å²) < 4.78 is 57.1. The number of hydrogen-bond acceptors (Lipinski definition) is 9. The Hall–Kier alpha value is -5.00. The number of carbonyl (C=O) groups excluding carboxylic acids is 3. The van der Waals surface area contributed by atoms with Gasteiger partial charge in [-0.1, -0.05) is 31.4 Å². The summed E-state index contributed by atoms with van der Waals surface area (Å²) in [5.41, 5.74) is 13.3. The van der Waals surface area contributed by atoms with Gasteiger partial charge < -0.3 is 30.4 Å². The van der Waals surface area contributed by atoms with Crippen LogP contribution in [0.4, 0.5) is 24.5 Å². The van der Waals surface area contributed by atoms with E-state index in [1.807, 2.05) is 0 Å². The fourth-order valence-corrected chi connectivity index (χ4v) is 3.83. The molecular weight excluding hydrogens is 581 g/mol. The first-order valence-electron chi connectivity index (χ1n) is 13.8. The number of benzene rings is 3. The zero-order chi connectivity index (χ0) is 32.0. The molecule has 0 saturated carbocycles. The van der Waals surface area contributed by atoms with Gasteiger partial charge in [-0.15, -0.1) is 0 Å². The molecule has 0 amide bonds. The molecule has 3 aromatic carbocycles. The molecule has 3 rings (SSSR count). The summed E-state index contributed by atoms with van der Waals surface area (Å²) >= 11 is 0. The van der Waals surface area contributed by atoms with E-state index < -0.39 is 30.7 Å². The molecule has 0 saturated heterocycles. The van der Waals surface area contributed by atoms with Crippen LogP contribution in [0.3, 0.4) is 0 Å². The molecule has 0 spiro atoms. The second-order valence-corrected chi connectivity index (χ2v) is 9.68. The molecular formula is C32H33F3N2O7. The summed E-state index contributed by atoms with van der Waals surface area (Å²) in [5.74, 6) is -1.42. The lowest BCUT2D eigenvalue weighted by Crippen LogP contribution is -2.19. The quantitative estimate of drug-likeness (QED) is 0.0656. The third-order valence-corrected chi connectivity index (χ3v) is 5.97. The van der Waals surface area contributed by atoms with E-state index in [1.54, 1.807) is 24.3 Å². The molecule has 4 N–H and O–H groups in total. The lowest BCUT2D eigenvalue weighted by Gasteiger charge is -2.09. The summed E-state index contributed by atoms with van der Waals surface area (Å²) in [5, 5.41) is 0. The van der Waals surface area contributed by atoms with Crippen LogP contribution in [-0.2, 0) is 14.3 Å². The maximum absolute atomic E-state index is 12.3. The Morgan fingerprint density at radius 1 is 0.682 bits per heavy atom. The first-order valence-corrected chi connectivity index (χ1v) is 13.8. The summed E-state index contributed by atoms with van der Waals surface area (Å²) in [6, 6.07) is 16.1. The van der Waals surface area contributed by atoms with Gasteiger partial charge in [0.2, 0.25) is 0 Å². The Kier molecular flexibility index (Phi) is 12.6. The van der Waals surface area contributed by atoms with Gasteiger partial charge in [0, 0.05) is 17.5 Å². The van der Waals surface area contributed by atoms with Crippen molar-refractivity contribution in [3.05, 3.63) is 89.5 Å². The highest BCUT2D eigenvalue weighted by molar-refractivity contribution is 5.92. The molecule has 12 heteroatoms. The number of esters is 3. The zero-order valence-electron chi connectivity index (χ0n) is 23.8. The van der Waals surface area contributed by atoms with Crippen LogP contribution in [0, 0.1) is 0 Å². The van der Waals surface area contributed by atoms with Gasteiger partial charge >= 0.3 is 24.1 Å². The molecule has 0 aromatic heterocycles. The van der Waals surface area contributed by atoms with Crippen LogP contribution in [0.5, 0.6) is 11.5 Å². The van der Waals surface area contributed by atoms with Crippen LogP contribution in [0.15, 0.2) is 72.8 Å². The smallest absolute Gasteiger partial charge is 0.422 e. The Balaban J connectivity index is 1.26. The van der Waals surface area contributed by atoms with Gasteiger partial charge in [0.25, 0.3) is 0 Å². The van der Waals surface area contributed by atoms with E-state index in [1.165, 1.54) is 54.6 Å². The van der Waals surface area contributed by atoms with Crippen molar-refractivity contribution < 1.29 is 46.5 Å². The summed E-state index contributed by atoms with van der Waals surface area (Å²) in [4.78, 5) is 36.3. The molecule has 0 radical (unpaired) electrons. The normalized spacial score (nSPS) is 11.2. The van der Waals surface area contributed by atoms with Gasteiger partial charge in [0.05, 0.1) is 24.3 Å². The minimum atomic E-state index is -4.46. The standard InChI is InChI=1S/C32H33F3N2O7/c33-32(34,35)21-43-27-13-9-23(10-14-27)31(40)44-28-11-6-22(7-12-28)8-15-29(38)41-16-4-2-1-3-5-17-42-30(39)24-18-25(36)20-26(37)19-24/h6-15,18-20H,1-5,16-17,21,36-37H2. The number of ether oxygens (including phenoxy) is 4. The average Bonchev–Trinajstić information content (AvgIpc) is 2.98. The van der Waals surface area contributed by atoms with Crippen molar-refractivity contribution in [1.29, 1.82) is 0 Å². The average molecular weight is 615 g/mol. The molecule has 0 bridgehead atoms. The minimum Gasteiger partial charge on any atom is -0.484 e. The molecule has 0 aliphatic rings. The number of hydrogen-bond donors (Lipinski definition) is 2. The monoisotopic (exact) mass is 614 g/mol. The molecule has 0 aliphatic heterocycles. The molecule has 0 heterocycles. The molecule has 0 atom stereocenters. The lowest BCUT2D eigenvalue weighted by atomic mass is 10.1. The predicted molar refractivity (Wildman–Crippen MR) is 158 cm³/mol. The van der Waals surface area contributed by atoms with Crippen molar-refractivity contribution in [2.75, 3.05) is 31.3 Å². The van der Waals surface area contributed by atoms with E-state index in [0.29, 0.717) is 35.3 Å². The van der Waals surface area contributed by atoms with Gasteiger partial charge in [-0.3, -0.25) is 0 Å². The van der Waals surface area contributed by atoms with Crippen molar-refractivity contribution in [2.24, 2.45) is 0 Å². The molecule has 0 unspecified atom stereocenters. The van der Waals surface area contributed by atoms with E-state index in [-0.39, 0.29) is 30.3 Å². The van der Waals surface area contributed by atoms with Crippen molar-refractivity contribution in [3.8, 4) is 11.5 Å². The first kappa shape index (κ1) is 33.5. The highest BCUT2D eigenvalue weighted by Crippen LogP contribution is 2.20. The maximum atomic E-state index is 12.3. The lowest BCUT2D eigenvalue weighted by molar-refractivity contribution is -0.153. The highest BCUT2D eigenvalue weighted by Gasteiger charge is 2.28. The molecule has 0 fully saturated rings. The topological polar surface area (TPSA) is 140 Å². The number of unbranched alkanes of at least 4 members (excludes halogenated alkanes) is 4. The van der Waals surface area contributed by atoms with Crippen LogP contribution in [0.25, 0.3) is 6.08 Å². The van der Waals surface area contributed by atoms with Crippen molar-refractivity contribution >= 4 is 35.4 Å². The SMILES string of the molecule is Nc1cc(N)cc(C(=O)OCCCCCCCOC(=O)C=Cc2ccc(OC(=O)c3ccc(OCC(F)(F)F)cc3)cc2)c1. The van der Waals surface area contributed by atoms with Crippen LogP contribution >= 0.6 is 0 Å². The number of halogens is 3. The number of rotatable bonds is 15. The largest absolute Gasteiger partial charge is 0.484 e. The van der Waals surface area contributed by atoms with E-state index in [9.17, 15) is 27.6 Å². The second-order valence-electron chi connectivity index (χ2n) is 9.68. The van der Waals surface area contributed by atoms with Gasteiger partial charge in [0.1, 0.15) is 11.5 Å². The zero-order valence-corrected chi connectivity index (χ0v) is 23.8. The van der Waals surface area contributed by atoms with E-state index in [4.69, 9.17) is 25.7 Å². The van der Waals surface area contributed by atoms with Crippen LogP contribution in [-0.4, -0.2) is 43.9 Å².